The van der Waals surface area contributed by atoms with Gasteiger partial charge in [0.15, 0.2) is 11.5 Å². The summed E-state index contributed by atoms with van der Waals surface area (Å²) in [7, 11) is 0. The number of hydrogen-bond donors (Lipinski definition) is 1. The molecule has 1 N–H and O–H groups in total. The topological polar surface area (TPSA) is 38.7 Å². The second-order valence-corrected chi connectivity index (χ2v) is 5.84. The van der Waals surface area contributed by atoms with Gasteiger partial charge in [-0.1, -0.05) is 26.0 Å². The summed E-state index contributed by atoms with van der Waals surface area (Å²) in [6.45, 7) is 7.15. The lowest BCUT2D eigenvalue weighted by Crippen LogP contribution is -2.29. The molecular weight excluding hydrogens is 252 g/mol. The van der Waals surface area contributed by atoms with Gasteiger partial charge in [0.2, 0.25) is 0 Å². The van der Waals surface area contributed by atoms with Crippen LogP contribution in [0.1, 0.15) is 45.6 Å². The molecule has 0 radical (unpaired) electrons. The van der Waals surface area contributed by atoms with Gasteiger partial charge in [-0.2, -0.15) is 0 Å². The molecule has 0 heterocycles. The van der Waals surface area contributed by atoms with Crippen LogP contribution in [0.3, 0.4) is 0 Å². The first-order valence-corrected chi connectivity index (χ1v) is 7.67. The Balaban J connectivity index is 2.15. The van der Waals surface area contributed by atoms with Gasteiger partial charge in [-0.3, -0.25) is 0 Å². The van der Waals surface area contributed by atoms with Crippen LogP contribution in [0.5, 0.6) is 11.5 Å². The highest BCUT2D eigenvalue weighted by molar-refractivity contribution is 5.46. The number of para-hydroxylation sites is 1. The minimum Gasteiger partial charge on any atom is -0.490 e. The zero-order valence-corrected chi connectivity index (χ0v) is 12.8. The zero-order valence-electron chi connectivity index (χ0n) is 12.8. The Kier molecular flexibility index (Phi) is 5.30. The third-order valence-corrected chi connectivity index (χ3v) is 4.37. The highest BCUT2D eigenvalue weighted by Crippen LogP contribution is 2.37. The van der Waals surface area contributed by atoms with Gasteiger partial charge in [-0.25, -0.2) is 0 Å². The van der Waals surface area contributed by atoms with Crippen LogP contribution < -0.4 is 9.47 Å². The molecular formula is C17H26O3. The predicted octanol–water partition coefficient (Wildman–Crippen LogP) is 3.78. The summed E-state index contributed by atoms with van der Waals surface area (Å²) in [4.78, 5) is 0. The Morgan fingerprint density at radius 2 is 2.00 bits per heavy atom. The fourth-order valence-corrected chi connectivity index (χ4v) is 2.86. The zero-order chi connectivity index (χ0) is 14.5. The van der Waals surface area contributed by atoms with Crippen LogP contribution >= 0.6 is 0 Å². The van der Waals surface area contributed by atoms with Crippen LogP contribution in [0.25, 0.3) is 0 Å². The molecule has 1 saturated carbocycles. The van der Waals surface area contributed by atoms with Crippen LogP contribution in [0, 0.1) is 11.8 Å². The monoisotopic (exact) mass is 278 g/mol. The molecule has 112 valence electrons. The normalized spacial score (nSPS) is 26.3. The summed E-state index contributed by atoms with van der Waals surface area (Å²) in [6.07, 6.45) is 3.59. The first-order chi connectivity index (χ1) is 9.65. The van der Waals surface area contributed by atoms with Gasteiger partial charge in [0.25, 0.3) is 0 Å². The van der Waals surface area contributed by atoms with Crippen LogP contribution in [0.15, 0.2) is 18.2 Å². The highest BCUT2D eigenvalue weighted by Gasteiger charge is 2.27. The van der Waals surface area contributed by atoms with Crippen molar-refractivity contribution in [1.82, 2.24) is 0 Å². The SMILES string of the molecule is CCOc1cccc(CO)c1OC1CCC(C)C(C)C1. The molecule has 0 spiro atoms. The molecule has 3 nitrogen and oxygen atoms in total. The first-order valence-electron chi connectivity index (χ1n) is 7.67. The van der Waals surface area contributed by atoms with E-state index in [4.69, 9.17) is 9.47 Å². The van der Waals surface area contributed by atoms with Crippen molar-refractivity contribution in [2.75, 3.05) is 6.61 Å². The average Bonchev–Trinajstić information content (AvgIpc) is 2.45. The number of hydrogen-bond acceptors (Lipinski definition) is 3. The van der Waals surface area contributed by atoms with E-state index in [1.54, 1.807) is 0 Å². The van der Waals surface area contributed by atoms with Crippen LogP contribution in [0.4, 0.5) is 0 Å². The van der Waals surface area contributed by atoms with Gasteiger partial charge in [0.05, 0.1) is 19.3 Å². The van der Waals surface area contributed by atoms with E-state index in [9.17, 15) is 5.11 Å². The summed E-state index contributed by atoms with van der Waals surface area (Å²) in [5, 5.41) is 9.50. The molecule has 20 heavy (non-hydrogen) atoms. The molecule has 3 heteroatoms. The van der Waals surface area contributed by atoms with E-state index in [1.807, 2.05) is 25.1 Å². The average molecular weight is 278 g/mol. The van der Waals surface area contributed by atoms with E-state index in [0.29, 0.717) is 12.5 Å². The minimum atomic E-state index is -0.0189. The Morgan fingerprint density at radius 1 is 1.20 bits per heavy atom. The van der Waals surface area contributed by atoms with E-state index < -0.39 is 0 Å². The van der Waals surface area contributed by atoms with Crippen molar-refractivity contribution < 1.29 is 14.6 Å². The summed E-state index contributed by atoms with van der Waals surface area (Å²) < 4.78 is 11.8. The maximum absolute atomic E-state index is 9.50. The van der Waals surface area contributed by atoms with Crippen molar-refractivity contribution in [2.45, 2.75) is 52.7 Å². The Labute approximate surface area is 121 Å². The minimum absolute atomic E-state index is 0.0189. The smallest absolute Gasteiger partial charge is 0.167 e. The van der Waals surface area contributed by atoms with Crippen molar-refractivity contribution in [2.24, 2.45) is 11.8 Å². The number of aliphatic hydroxyl groups is 1. The van der Waals surface area contributed by atoms with Crippen molar-refractivity contribution in [1.29, 1.82) is 0 Å². The summed E-state index contributed by atoms with van der Waals surface area (Å²) >= 11 is 0. The molecule has 0 saturated heterocycles. The molecule has 1 fully saturated rings. The number of ether oxygens (including phenoxy) is 2. The predicted molar refractivity (Wildman–Crippen MR) is 80.1 cm³/mol. The second-order valence-electron chi connectivity index (χ2n) is 5.84. The molecule has 0 aromatic heterocycles. The number of benzene rings is 1. The fraction of sp³-hybridized carbons (Fsp3) is 0.647. The van der Waals surface area contributed by atoms with E-state index in [-0.39, 0.29) is 12.7 Å². The van der Waals surface area contributed by atoms with Gasteiger partial charge in [-0.05, 0) is 44.1 Å². The molecule has 0 bridgehead atoms. The molecule has 1 aromatic rings. The fourth-order valence-electron chi connectivity index (χ4n) is 2.86. The van der Waals surface area contributed by atoms with Crippen LogP contribution in [-0.4, -0.2) is 17.8 Å². The summed E-state index contributed by atoms with van der Waals surface area (Å²) in [5.41, 5.74) is 0.808. The Hall–Kier alpha value is -1.22. The lowest BCUT2D eigenvalue weighted by Gasteiger charge is -2.33. The van der Waals surface area contributed by atoms with E-state index in [1.165, 1.54) is 6.42 Å². The largest absolute Gasteiger partial charge is 0.490 e. The number of aliphatic hydroxyl groups excluding tert-OH is 1. The van der Waals surface area contributed by atoms with Gasteiger partial charge in [-0.15, -0.1) is 0 Å². The van der Waals surface area contributed by atoms with Gasteiger partial charge >= 0.3 is 0 Å². The van der Waals surface area contributed by atoms with Crippen molar-refractivity contribution >= 4 is 0 Å². The molecule has 1 aliphatic carbocycles. The molecule has 2 rings (SSSR count). The van der Waals surface area contributed by atoms with E-state index >= 15 is 0 Å². The highest BCUT2D eigenvalue weighted by atomic mass is 16.5. The molecule has 3 atom stereocenters. The molecule has 1 aliphatic rings. The van der Waals surface area contributed by atoms with Gasteiger partial charge in [0, 0.05) is 5.56 Å². The van der Waals surface area contributed by atoms with Gasteiger partial charge in [0.1, 0.15) is 0 Å². The standard InChI is InChI=1S/C17H26O3/c1-4-19-16-7-5-6-14(11-18)17(16)20-15-9-8-12(2)13(3)10-15/h5-7,12-13,15,18H,4,8-11H2,1-3H3. The second kappa shape index (κ2) is 6.98. The number of rotatable bonds is 5. The van der Waals surface area contributed by atoms with Crippen molar-refractivity contribution in [3.05, 3.63) is 23.8 Å². The molecule has 1 aromatic carbocycles. The van der Waals surface area contributed by atoms with Crippen molar-refractivity contribution in [3.8, 4) is 11.5 Å². The summed E-state index contributed by atoms with van der Waals surface area (Å²) in [6, 6.07) is 5.70. The first kappa shape index (κ1) is 15.2. The quantitative estimate of drug-likeness (QED) is 0.890. The Morgan fingerprint density at radius 3 is 2.65 bits per heavy atom. The lowest BCUT2D eigenvalue weighted by molar-refractivity contribution is 0.0943. The third-order valence-electron chi connectivity index (χ3n) is 4.37. The lowest BCUT2D eigenvalue weighted by atomic mass is 9.80. The molecule has 3 unspecified atom stereocenters. The van der Waals surface area contributed by atoms with Crippen LogP contribution in [0.2, 0.25) is 0 Å². The van der Waals surface area contributed by atoms with Gasteiger partial charge < -0.3 is 14.6 Å². The van der Waals surface area contributed by atoms with Crippen LogP contribution in [-0.2, 0) is 6.61 Å². The van der Waals surface area contributed by atoms with E-state index in [2.05, 4.69) is 13.8 Å². The maximum atomic E-state index is 9.50. The Bertz CT molecular complexity index is 430. The third kappa shape index (κ3) is 3.45. The molecule has 0 aliphatic heterocycles. The van der Waals surface area contributed by atoms with E-state index in [0.717, 1.165) is 35.8 Å². The molecule has 0 amide bonds. The maximum Gasteiger partial charge on any atom is 0.167 e. The summed E-state index contributed by atoms with van der Waals surface area (Å²) in [5.74, 6) is 2.92. The van der Waals surface area contributed by atoms with Crippen molar-refractivity contribution in [3.63, 3.8) is 0 Å².